The average Bonchev–Trinajstić information content (AvgIpc) is 2.72. The number of carbonyl (C=O) groups excluding carboxylic acids is 1. The molecule has 0 radical (unpaired) electrons. The zero-order valence-corrected chi connectivity index (χ0v) is 18.6. The van der Waals surface area contributed by atoms with E-state index in [4.69, 9.17) is 15.5 Å². The molecule has 0 saturated heterocycles. The molecule has 0 bridgehead atoms. The highest BCUT2D eigenvalue weighted by Gasteiger charge is 2.30. The summed E-state index contributed by atoms with van der Waals surface area (Å²) in [5.41, 5.74) is 3.62. The van der Waals surface area contributed by atoms with Crippen LogP contribution in [0.5, 0.6) is 0 Å². The third kappa shape index (κ3) is 6.17. The number of nitrogens with two attached hydrogens (primary N) is 1. The van der Waals surface area contributed by atoms with E-state index in [1.807, 2.05) is 0 Å². The SMILES string of the molecule is Nc1ncc(-c2ccc(C(F)(F)F)cc2)nc1C(=O)Nc1ccc(S(=O)(=O)CP(=O)(O)O)cc1. The second kappa shape index (κ2) is 9.14. The zero-order chi connectivity index (χ0) is 25.3. The minimum Gasteiger partial charge on any atom is -0.382 e. The van der Waals surface area contributed by atoms with Gasteiger partial charge in [0, 0.05) is 11.3 Å². The molecule has 0 spiro atoms. The van der Waals surface area contributed by atoms with Crippen LogP contribution in [0.2, 0.25) is 0 Å². The number of anilines is 2. The van der Waals surface area contributed by atoms with Gasteiger partial charge in [-0.25, -0.2) is 18.4 Å². The third-order valence-corrected chi connectivity index (χ3v) is 8.03. The fourth-order valence-electron chi connectivity index (χ4n) is 2.77. The van der Waals surface area contributed by atoms with Gasteiger partial charge in [-0.05, 0) is 36.4 Å². The molecule has 1 amide bonds. The van der Waals surface area contributed by atoms with Crippen molar-refractivity contribution < 1.29 is 40.7 Å². The zero-order valence-electron chi connectivity index (χ0n) is 16.9. The molecule has 1 aromatic heterocycles. The lowest BCUT2D eigenvalue weighted by molar-refractivity contribution is -0.137. The van der Waals surface area contributed by atoms with Gasteiger partial charge in [0.2, 0.25) is 0 Å². The fourth-order valence-corrected chi connectivity index (χ4v) is 5.68. The van der Waals surface area contributed by atoms with E-state index in [2.05, 4.69) is 15.3 Å². The highest BCUT2D eigenvalue weighted by molar-refractivity contribution is 7.97. The van der Waals surface area contributed by atoms with Gasteiger partial charge < -0.3 is 20.8 Å². The Hall–Kier alpha value is -3.32. The number of benzene rings is 2. The van der Waals surface area contributed by atoms with E-state index in [0.717, 1.165) is 24.3 Å². The van der Waals surface area contributed by atoms with E-state index in [1.54, 1.807) is 0 Å². The maximum Gasteiger partial charge on any atom is 0.416 e. The second-order valence-electron chi connectivity index (χ2n) is 6.95. The monoisotopic (exact) mass is 516 g/mol. The van der Waals surface area contributed by atoms with Crippen molar-refractivity contribution in [1.82, 2.24) is 9.97 Å². The number of nitrogens with zero attached hydrogens (tertiary/aromatic N) is 2. The number of carbonyl (C=O) groups is 1. The fraction of sp³-hybridized carbons (Fsp3) is 0.105. The van der Waals surface area contributed by atoms with Crippen LogP contribution in [0.4, 0.5) is 24.7 Å². The van der Waals surface area contributed by atoms with Crippen molar-refractivity contribution in [2.45, 2.75) is 11.1 Å². The van der Waals surface area contributed by atoms with Crippen LogP contribution in [0.3, 0.4) is 0 Å². The van der Waals surface area contributed by atoms with Gasteiger partial charge in [-0.1, -0.05) is 12.1 Å². The van der Waals surface area contributed by atoms with Crippen LogP contribution < -0.4 is 11.1 Å². The normalized spacial score (nSPS) is 12.4. The topological polar surface area (TPSA) is 173 Å². The molecule has 2 aromatic carbocycles. The van der Waals surface area contributed by atoms with Crippen LogP contribution in [0, 0.1) is 0 Å². The van der Waals surface area contributed by atoms with Crippen molar-refractivity contribution in [3.8, 4) is 11.3 Å². The molecule has 5 N–H and O–H groups in total. The predicted molar refractivity (Wildman–Crippen MR) is 115 cm³/mol. The number of nitrogen functional groups attached to an aromatic ring is 1. The lowest BCUT2D eigenvalue weighted by Gasteiger charge is -2.10. The van der Waals surface area contributed by atoms with Crippen LogP contribution in [-0.2, 0) is 20.6 Å². The summed E-state index contributed by atoms with van der Waals surface area (Å²) in [5.74, 6) is -1.08. The molecule has 34 heavy (non-hydrogen) atoms. The number of nitrogens with one attached hydrogen (secondary N) is 1. The van der Waals surface area contributed by atoms with Gasteiger partial charge in [-0.3, -0.25) is 9.36 Å². The van der Waals surface area contributed by atoms with E-state index in [1.165, 1.54) is 30.5 Å². The molecule has 180 valence electrons. The molecule has 0 saturated carbocycles. The van der Waals surface area contributed by atoms with Gasteiger partial charge in [0.05, 0.1) is 22.3 Å². The third-order valence-electron chi connectivity index (χ3n) is 4.33. The largest absolute Gasteiger partial charge is 0.416 e. The summed E-state index contributed by atoms with van der Waals surface area (Å²) in [6.07, 6.45) is -3.32. The van der Waals surface area contributed by atoms with Gasteiger partial charge >= 0.3 is 13.8 Å². The first-order valence-electron chi connectivity index (χ1n) is 9.15. The number of sulfone groups is 1. The smallest absolute Gasteiger partial charge is 0.382 e. The van der Waals surface area contributed by atoms with Gasteiger partial charge in [-0.2, -0.15) is 13.2 Å². The number of aromatic nitrogens is 2. The molecule has 0 aliphatic rings. The van der Waals surface area contributed by atoms with Crippen LogP contribution in [0.25, 0.3) is 11.3 Å². The Morgan fingerprint density at radius 1 is 1.06 bits per heavy atom. The van der Waals surface area contributed by atoms with Crippen LogP contribution in [0.1, 0.15) is 16.1 Å². The van der Waals surface area contributed by atoms with E-state index in [0.29, 0.717) is 0 Å². The van der Waals surface area contributed by atoms with Crippen LogP contribution >= 0.6 is 7.60 Å². The molecule has 10 nitrogen and oxygen atoms in total. The van der Waals surface area contributed by atoms with Crippen molar-refractivity contribution in [1.29, 1.82) is 0 Å². The van der Waals surface area contributed by atoms with E-state index in [9.17, 15) is 30.9 Å². The molecule has 0 unspecified atom stereocenters. The minimum atomic E-state index is -4.82. The molecule has 1 heterocycles. The molecule has 0 fully saturated rings. The molecule has 15 heteroatoms. The second-order valence-corrected chi connectivity index (χ2v) is 11.0. The van der Waals surface area contributed by atoms with Crippen molar-refractivity contribution in [3.05, 3.63) is 66.0 Å². The quantitative estimate of drug-likeness (QED) is 0.359. The summed E-state index contributed by atoms with van der Waals surface area (Å²) in [4.78, 5) is 37.9. The summed E-state index contributed by atoms with van der Waals surface area (Å²) in [7, 11) is -9.08. The Morgan fingerprint density at radius 2 is 1.65 bits per heavy atom. The van der Waals surface area contributed by atoms with Crippen molar-refractivity contribution in [2.24, 2.45) is 0 Å². The molecule has 0 atom stereocenters. The molecular weight excluding hydrogens is 500 g/mol. The number of rotatable bonds is 6. The van der Waals surface area contributed by atoms with Crippen LogP contribution in [-0.4, -0.2) is 39.6 Å². The number of hydrogen-bond donors (Lipinski definition) is 4. The highest BCUT2D eigenvalue weighted by atomic mass is 32.2. The molecule has 3 rings (SSSR count). The Balaban J connectivity index is 1.81. The number of hydrogen-bond acceptors (Lipinski definition) is 7. The average molecular weight is 516 g/mol. The molecule has 0 aliphatic heterocycles. The van der Waals surface area contributed by atoms with Crippen molar-refractivity contribution in [2.75, 3.05) is 16.5 Å². The molecule has 0 aliphatic carbocycles. The Kier molecular flexibility index (Phi) is 6.80. The highest BCUT2D eigenvalue weighted by Crippen LogP contribution is 2.38. The first kappa shape index (κ1) is 25.3. The van der Waals surface area contributed by atoms with E-state index in [-0.39, 0.29) is 33.4 Å². The predicted octanol–water partition coefficient (Wildman–Crippen LogP) is 2.91. The standard InChI is InChI=1S/C19H16F3N4O6PS/c20-19(21,22)12-3-1-11(2-4-12)15-9-24-17(23)16(26-15)18(27)25-13-5-7-14(8-6-13)34(31,32)10-33(28,29)30/h1-9H,10H2,(H2,23,24)(H,25,27)(H2,28,29,30). The maximum absolute atomic E-state index is 12.7. The summed E-state index contributed by atoms with van der Waals surface area (Å²) in [5, 5.41) is 2.42. The summed E-state index contributed by atoms with van der Waals surface area (Å²) in [6, 6.07) is 8.53. The van der Waals surface area contributed by atoms with Gasteiger partial charge in [-0.15, -0.1) is 0 Å². The summed E-state index contributed by atoms with van der Waals surface area (Å²) in [6.45, 7) is 0. The van der Waals surface area contributed by atoms with Gasteiger partial charge in [0.25, 0.3) is 5.91 Å². The first-order valence-corrected chi connectivity index (χ1v) is 12.6. The lowest BCUT2D eigenvalue weighted by Crippen LogP contribution is -2.17. The molecule has 3 aromatic rings. The maximum atomic E-state index is 12.7. The minimum absolute atomic E-state index is 0.0898. The number of halogens is 3. The van der Waals surface area contributed by atoms with Crippen molar-refractivity contribution in [3.63, 3.8) is 0 Å². The van der Waals surface area contributed by atoms with Crippen LogP contribution in [0.15, 0.2) is 59.6 Å². The number of alkyl halides is 3. The van der Waals surface area contributed by atoms with Gasteiger partial charge in [0.15, 0.2) is 26.8 Å². The Labute approximate surface area is 190 Å². The van der Waals surface area contributed by atoms with E-state index < -0.39 is 40.6 Å². The molecular formula is C19H16F3N4O6PS. The summed E-state index contributed by atoms with van der Waals surface area (Å²) < 4.78 is 73.3. The van der Waals surface area contributed by atoms with Gasteiger partial charge in [0.1, 0.15) is 0 Å². The first-order chi connectivity index (χ1) is 15.7. The Morgan fingerprint density at radius 3 is 2.18 bits per heavy atom. The number of amides is 1. The summed E-state index contributed by atoms with van der Waals surface area (Å²) >= 11 is 0. The van der Waals surface area contributed by atoms with E-state index >= 15 is 0 Å². The Bertz CT molecular complexity index is 1370. The lowest BCUT2D eigenvalue weighted by atomic mass is 10.1. The van der Waals surface area contributed by atoms with Crippen molar-refractivity contribution >= 4 is 34.8 Å².